The van der Waals surface area contributed by atoms with E-state index in [1.54, 1.807) is 0 Å². The summed E-state index contributed by atoms with van der Waals surface area (Å²) in [6.07, 6.45) is 9.42. The highest BCUT2D eigenvalue weighted by atomic mass is 79.9. The van der Waals surface area contributed by atoms with Gasteiger partial charge in [-0.3, -0.25) is 9.56 Å². The molecule has 1 aliphatic carbocycles. The molecule has 1 atom stereocenters. The number of halogens is 2. The Balaban J connectivity index is 1.95. The standard InChI is InChI=1S/C20H19BrClN3/c1-13(22)12-23-16-10-11-19(21)24-20(16)25-17-8-4-2-6-14(17)15-7-3-5-9-18(15)25/h2,4-6,8-9,11,13H,3,7,10,12H2,1H3. The Morgan fingerprint density at radius 1 is 1.36 bits per heavy atom. The molecule has 0 N–H and O–H groups in total. The van der Waals surface area contributed by atoms with Crippen LogP contribution in [0.1, 0.15) is 31.0 Å². The molecule has 1 unspecified atom stereocenters. The van der Waals surface area contributed by atoms with Crippen LogP contribution in [0.25, 0.3) is 17.0 Å². The monoisotopic (exact) mass is 415 g/mol. The first-order chi connectivity index (χ1) is 12.1. The first-order valence-electron chi connectivity index (χ1n) is 8.56. The van der Waals surface area contributed by atoms with E-state index in [2.05, 4.69) is 63.0 Å². The molecule has 3 nitrogen and oxygen atoms in total. The summed E-state index contributed by atoms with van der Waals surface area (Å²) in [6, 6.07) is 8.56. The number of aromatic nitrogens is 1. The minimum Gasteiger partial charge on any atom is -0.293 e. The van der Waals surface area contributed by atoms with Crippen molar-refractivity contribution in [3.05, 3.63) is 52.3 Å². The molecule has 0 fully saturated rings. The molecule has 128 valence electrons. The average Bonchev–Trinajstić information content (AvgIpc) is 2.95. The summed E-state index contributed by atoms with van der Waals surface area (Å²) in [5.74, 6) is 0.899. The summed E-state index contributed by atoms with van der Waals surface area (Å²) in [7, 11) is 0. The second-order valence-corrected chi connectivity index (χ2v) is 7.95. The van der Waals surface area contributed by atoms with E-state index in [9.17, 15) is 0 Å². The Bertz CT molecular complexity index is 947. The largest absolute Gasteiger partial charge is 0.293 e. The molecule has 0 radical (unpaired) electrons. The van der Waals surface area contributed by atoms with Gasteiger partial charge in [0.2, 0.25) is 0 Å². The van der Waals surface area contributed by atoms with E-state index in [1.807, 2.05) is 6.92 Å². The minimum atomic E-state index is 0.0123. The molecule has 0 saturated carbocycles. The second kappa shape index (κ2) is 6.93. The van der Waals surface area contributed by atoms with E-state index in [-0.39, 0.29) is 5.38 Å². The molecule has 1 aromatic heterocycles. The Hall–Kier alpha value is -1.65. The van der Waals surface area contributed by atoms with Crippen LogP contribution in [0.4, 0.5) is 0 Å². The fourth-order valence-electron chi connectivity index (χ4n) is 3.45. The van der Waals surface area contributed by atoms with Gasteiger partial charge in [-0.05, 0) is 59.5 Å². The topological polar surface area (TPSA) is 29.6 Å². The van der Waals surface area contributed by atoms with Crippen molar-refractivity contribution in [1.82, 2.24) is 4.57 Å². The molecule has 4 rings (SSSR count). The van der Waals surface area contributed by atoms with Crippen LogP contribution in [-0.4, -0.2) is 28.0 Å². The molecule has 0 amide bonds. The van der Waals surface area contributed by atoms with Crippen LogP contribution in [0, 0.1) is 0 Å². The SMILES string of the molecule is CC(Cl)CN=C1CC=C(Br)N=C1n1c2c(c3ccccc31)CCC=C2. The van der Waals surface area contributed by atoms with Gasteiger partial charge in [-0.15, -0.1) is 11.6 Å². The van der Waals surface area contributed by atoms with Crippen molar-refractivity contribution in [2.24, 2.45) is 9.98 Å². The van der Waals surface area contributed by atoms with Gasteiger partial charge < -0.3 is 0 Å². The predicted octanol–water partition coefficient (Wildman–Crippen LogP) is 5.56. The van der Waals surface area contributed by atoms with Crippen molar-refractivity contribution in [3.8, 4) is 0 Å². The van der Waals surface area contributed by atoms with Crippen LogP contribution in [0.3, 0.4) is 0 Å². The minimum absolute atomic E-state index is 0.0123. The fourth-order valence-corrected chi connectivity index (χ4v) is 3.85. The highest BCUT2D eigenvalue weighted by Gasteiger charge is 2.24. The summed E-state index contributed by atoms with van der Waals surface area (Å²) < 4.78 is 3.11. The quantitative estimate of drug-likeness (QED) is 0.453. The van der Waals surface area contributed by atoms with Crippen LogP contribution in [0.5, 0.6) is 0 Å². The van der Waals surface area contributed by atoms with Crippen LogP contribution >= 0.6 is 27.5 Å². The van der Waals surface area contributed by atoms with Gasteiger partial charge in [0.1, 0.15) is 4.61 Å². The number of hydrogen-bond acceptors (Lipinski definition) is 2. The lowest BCUT2D eigenvalue weighted by Gasteiger charge is -2.18. The van der Waals surface area contributed by atoms with Crippen LogP contribution in [-0.2, 0) is 6.42 Å². The number of benzene rings is 1. The molecule has 5 heteroatoms. The summed E-state index contributed by atoms with van der Waals surface area (Å²) >= 11 is 9.66. The maximum absolute atomic E-state index is 6.12. The van der Waals surface area contributed by atoms with Crippen molar-refractivity contribution in [2.75, 3.05) is 6.54 Å². The molecule has 0 saturated heterocycles. The van der Waals surface area contributed by atoms with E-state index in [0.717, 1.165) is 35.4 Å². The lowest BCUT2D eigenvalue weighted by Crippen LogP contribution is -2.27. The zero-order valence-electron chi connectivity index (χ0n) is 14.0. The first-order valence-corrected chi connectivity index (χ1v) is 9.79. The summed E-state index contributed by atoms with van der Waals surface area (Å²) in [6.45, 7) is 2.56. The molecule has 0 spiro atoms. The summed E-state index contributed by atoms with van der Waals surface area (Å²) in [5.41, 5.74) is 4.79. The number of hydrogen-bond donors (Lipinski definition) is 0. The van der Waals surface area contributed by atoms with Crippen molar-refractivity contribution >= 4 is 56.1 Å². The van der Waals surface area contributed by atoms with E-state index in [4.69, 9.17) is 21.6 Å². The van der Waals surface area contributed by atoms with Gasteiger partial charge in [0.25, 0.3) is 0 Å². The predicted molar refractivity (Wildman–Crippen MR) is 111 cm³/mol. The van der Waals surface area contributed by atoms with E-state index >= 15 is 0 Å². The van der Waals surface area contributed by atoms with Crippen molar-refractivity contribution in [1.29, 1.82) is 0 Å². The highest BCUT2D eigenvalue weighted by Crippen LogP contribution is 2.32. The third-order valence-electron chi connectivity index (χ3n) is 4.54. The Morgan fingerprint density at radius 3 is 3.04 bits per heavy atom. The third kappa shape index (κ3) is 3.13. The van der Waals surface area contributed by atoms with Gasteiger partial charge in [-0.25, -0.2) is 4.99 Å². The molecular weight excluding hydrogens is 398 g/mol. The van der Waals surface area contributed by atoms with Gasteiger partial charge in [0.15, 0.2) is 5.84 Å². The number of rotatable bonds is 2. The van der Waals surface area contributed by atoms with E-state index in [1.165, 1.54) is 22.2 Å². The van der Waals surface area contributed by atoms with Crippen LogP contribution in [0.15, 0.2) is 51.0 Å². The number of aliphatic imine (C=N–C) groups is 2. The fraction of sp³-hybridized carbons (Fsp3) is 0.300. The maximum atomic E-state index is 6.12. The lowest BCUT2D eigenvalue weighted by atomic mass is 10.0. The lowest BCUT2D eigenvalue weighted by molar-refractivity contribution is 0.936. The molecular formula is C20H19BrClN3. The van der Waals surface area contributed by atoms with Gasteiger partial charge in [-0.1, -0.05) is 24.3 Å². The molecule has 2 heterocycles. The summed E-state index contributed by atoms with van der Waals surface area (Å²) in [4.78, 5) is 9.55. The highest BCUT2D eigenvalue weighted by molar-refractivity contribution is 9.11. The van der Waals surface area contributed by atoms with Crippen molar-refractivity contribution in [3.63, 3.8) is 0 Å². The first kappa shape index (κ1) is 16.8. The number of fused-ring (bicyclic) bond motifs is 3. The van der Waals surface area contributed by atoms with Gasteiger partial charge >= 0.3 is 0 Å². The van der Waals surface area contributed by atoms with Gasteiger partial charge in [-0.2, -0.15) is 0 Å². The zero-order valence-corrected chi connectivity index (χ0v) is 16.4. The number of nitrogens with zero attached hydrogens (tertiary/aromatic N) is 3. The summed E-state index contributed by atoms with van der Waals surface area (Å²) in [5, 5.41) is 1.32. The van der Waals surface area contributed by atoms with Crippen LogP contribution < -0.4 is 0 Å². The molecule has 2 aromatic rings. The van der Waals surface area contributed by atoms with Gasteiger partial charge in [0.05, 0.1) is 28.8 Å². The van der Waals surface area contributed by atoms with Crippen molar-refractivity contribution in [2.45, 2.75) is 31.6 Å². The second-order valence-electron chi connectivity index (χ2n) is 6.39. The number of allylic oxidation sites excluding steroid dienone is 2. The molecule has 0 bridgehead atoms. The van der Waals surface area contributed by atoms with Gasteiger partial charge in [0, 0.05) is 11.8 Å². The number of alkyl halides is 1. The zero-order chi connectivity index (χ0) is 17.4. The average molecular weight is 417 g/mol. The Labute approximate surface area is 160 Å². The Morgan fingerprint density at radius 2 is 2.20 bits per heavy atom. The smallest absolute Gasteiger partial charge is 0.160 e. The molecule has 25 heavy (non-hydrogen) atoms. The number of aryl methyl sites for hydroxylation is 1. The van der Waals surface area contributed by atoms with E-state index in [0.29, 0.717) is 6.54 Å². The van der Waals surface area contributed by atoms with Crippen LogP contribution in [0.2, 0.25) is 0 Å². The Kier molecular flexibility index (Phi) is 4.65. The normalized spacial score (nSPS) is 19.7. The molecule has 2 aliphatic rings. The van der Waals surface area contributed by atoms with Crippen molar-refractivity contribution < 1.29 is 0 Å². The number of para-hydroxylation sites is 1. The molecule has 1 aliphatic heterocycles. The maximum Gasteiger partial charge on any atom is 0.160 e. The van der Waals surface area contributed by atoms with E-state index < -0.39 is 0 Å². The third-order valence-corrected chi connectivity index (χ3v) is 5.18. The molecule has 1 aromatic carbocycles.